The van der Waals surface area contributed by atoms with Crippen LogP contribution in [0.5, 0.6) is 0 Å². The summed E-state index contributed by atoms with van der Waals surface area (Å²) >= 11 is 5.32. The van der Waals surface area contributed by atoms with Crippen LogP contribution in [0.15, 0.2) is 11.6 Å². The van der Waals surface area contributed by atoms with E-state index < -0.39 is 5.97 Å². The second kappa shape index (κ2) is 13.8. The lowest BCUT2D eigenvalue weighted by Gasteiger charge is -2.07. The Morgan fingerprint density at radius 1 is 0.895 bits per heavy atom. The summed E-state index contributed by atoms with van der Waals surface area (Å²) in [5.41, 5.74) is 0. The maximum atomic E-state index is 10.9. The van der Waals surface area contributed by atoms with Crippen LogP contribution in [-0.2, 0) is 28.5 Å². The molecule has 0 N–H and O–H groups in total. The van der Waals surface area contributed by atoms with Crippen LogP contribution in [0.2, 0.25) is 0 Å². The van der Waals surface area contributed by atoms with E-state index in [2.05, 4.69) is 6.58 Å². The van der Waals surface area contributed by atoms with Crippen molar-refractivity contribution in [1.29, 1.82) is 0 Å². The minimum atomic E-state index is -0.630. The molecule has 112 valence electrons. The second-order valence-corrected chi connectivity index (χ2v) is 3.83. The zero-order valence-electron chi connectivity index (χ0n) is 11.2. The number of hydrogen-bond acceptors (Lipinski definition) is 6. The van der Waals surface area contributed by atoms with Crippen molar-refractivity contribution < 1.29 is 28.5 Å². The first-order valence-electron chi connectivity index (χ1n) is 5.92. The van der Waals surface area contributed by atoms with E-state index in [1.54, 1.807) is 7.11 Å². The molecule has 0 saturated heterocycles. The van der Waals surface area contributed by atoms with Crippen LogP contribution in [0.3, 0.4) is 0 Å². The lowest BCUT2D eigenvalue weighted by molar-refractivity contribution is -0.139. The molecule has 0 fully saturated rings. The van der Waals surface area contributed by atoms with Gasteiger partial charge in [-0.05, 0) is 0 Å². The molecule has 0 heterocycles. The third-order valence-corrected chi connectivity index (χ3v) is 2.01. The Bertz CT molecular complexity index is 246. The average Bonchev–Trinajstić information content (AvgIpc) is 2.39. The van der Waals surface area contributed by atoms with Gasteiger partial charge in [0.15, 0.2) is 0 Å². The van der Waals surface area contributed by atoms with Crippen LogP contribution in [0.1, 0.15) is 0 Å². The number of ether oxygens (including phenoxy) is 5. The Kier molecular flexibility index (Phi) is 13.3. The van der Waals surface area contributed by atoms with Crippen molar-refractivity contribution in [3.8, 4) is 0 Å². The zero-order valence-corrected chi connectivity index (χ0v) is 11.9. The summed E-state index contributed by atoms with van der Waals surface area (Å²) in [5.74, 6) is -0.630. The molecule has 0 saturated carbocycles. The molecule has 0 spiro atoms. The number of methoxy groups -OCH3 is 1. The Hall–Kier alpha value is -0.660. The summed E-state index contributed by atoms with van der Waals surface area (Å²) < 4.78 is 25.2. The summed E-state index contributed by atoms with van der Waals surface area (Å²) in [5, 5.41) is -0.142. The first-order valence-corrected chi connectivity index (χ1v) is 6.30. The zero-order chi connectivity index (χ0) is 14.3. The van der Waals surface area contributed by atoms with Gasteiger partial charge in [-0.3, -0.25) is 0 Å². The number of halogens is 1. The summed E-state index contributed by atoms with van der Waals surface area (Å²) in [6, 6.07) is 0. The fourth-order valence-electron chi connectivity index (χ4n) is 0.956. The van der Waals surface area contributed by atoms with E-state index >= 15 is 0 Å². The number of carbonyl (C=O) groups is 1. The third kappa shape index (κ3) is 13.6. The maximum Gasteiger partial charge on any atom is 0.349 e. The van der Waals surface area contributed by atoms with Gasteiger partial charge >= 0.3 is 5.97 Å². The van der Waals surface area contributed by atoms with Gasteiger partial charge in [0.2, 0.25) is 0 Å². The van der Waals surface area contributed by atoms with Crippen LogP contribution in [0.25, 0.3) is 0 Å². The SMILES string of the molecule is C=C(Cl)C(=O)OCCOCCOCCOCCOC. The second-order valence-electron chi connectivity index (χ2n) is 3.37. The molecule has 0 rings (SSSR count). The highest BCUT2D eigenvalue weighted by molar-refractivity contribution is 6.40. The molecule has 0 bridgehead atoms. The van der Waals surface area contributed by atoms with Crippen LogP contribution < -0.4 is 0 Å². The molecule has 0 aromatic carbocycles. The van der Waals surface area contributed by atoms with Gasteiger partial charge in [-0.25, -0.2) is 4.79 Å². The van der Waals surface area contributed by atoms with Crippen molar-refractivity contribution in [2.45, 2.75) is 0 Å². The highest BCUT2D eigenvalue weighted by Gasteiger charge is 2.03. The molecule has 0 atom stereocenters. The Balaban J connectivity index is 3.07. The molecule has 7 heteroatoms. The highest BCUT2D eigenvalue weighted by atomic mass is 35.5. The molecule has 0 aromatic heterocycles. The van der Waals surface area contributed by atoms with Gasteiger partial charge in [-0.2, -0.15) is 0 Å². The van der Waals surface area contributed by atoms with Crippen LogP contribution in [-0.4, -0.2) is 65.9 Å². The van der Waals surface area contributed by atoms with E-state index in [1.165, 1.54) is 0 Å². The molecule has 0 aliphatic carbocycles. The van der Waals surface area contributed by atoms with Crippen molar-refractivity contribution in [2.75, 3.05) is 60.0 Å². The van der Waals surface area contributed by atoms with E-state index in [0.29, 0.717) is 46.2 Å². The standard InChI is InChI=1S/C12H21ClO6/c1-11(13)12(14)19-10-9-18-8-7-17-6-5-16-4-3-15-2/h1,3-10H2,2H3. The summed E-state index contributed by atoms with van der Waals surface area (Å²) in [6.45, 7) is 6.75. The molecule has 0 unspecified atom stereocenters. The molecule has 0 aliphatic heterocycles. The van der Waals surface area contributed by atoms with Gasteiger partial charge in [-0.15, -0.1) is 0 Å². The first kappa shape index (κ1) is 18.3. The fraction of sp³-hybridized carbons (Fsp3) is 0.750. The van der Waals surface area contributed by atoms with Gasteiger partial charge < -0.3 is 23.7 Å². The van der Waals surface area contributed by atoms with Crippen LogP contribution in [0.4, 0.5) is 0 Å². The van der Waals surface area contributed by atoms with E-state index in [-0.39, 0.29) is 11.6 Å². The molecule has 0 aromatic rings. The number of hydrogen-bond donors (Lipinski definition) is 0. The predicted molar refractivity (Wildman–Crippen MR) is 70.3 cm³/mol. The van der Waals surface area contributed by atoms with Crippen molar-refractivity contribution in [1.82, 2.24) is 0 Å². The Morgan fingerprint density at radius 2 is 1.32 bits per heavy atom. The largest absolute Gasteiger partial charge is 0.459 e. The van der Waals surface area contributed by atoms with Gasteiger partial charge in [0, 0.05) is 7.11 Å². The van der Waals surface area contributed by atoms with Crippen molar-refractivity contribution in [2.24, 2.45) is 0 Å². The molecule has 19 heavy (non-hydrogen) atoms. The molecule has 0 radical (unpaired) electrons. The number of esters is 1. The van der Waals surface area contributed by atoms with Gasteiger partial charge in [0.05, 0.1) is 46.2 Å². The molecular weight excluding hydrogens is 276 g/mol. The van der Waals surface area contributed by atoms with Crippen molar-refractivity contribution >= 4 is 17.6 Å². The van der Waals surface area contributed by atoms with Gasteiger partial charge in [0.1, 0.15) is 11.6 Å². The van der Waals surface area contributed by atoms with E-state index in [1.807, 2.05) is 0 Å². The Morgan fingerprint density at radius 3 is 1.74 bits per heavy atom. The topological polar surface area (TPSA) is 63.2 Å². The Labute approximate surface area is 118 Å². The number of carbonyl (C=O) groups excluding carboxylic acids is 1. The maximum absolute atomic E-state index is 10.9. The minimum Gasteiger partial charge on any atom is -0.459 e. The summed E-state index contributed by atoms with van der Waals surface area (Å²) in [4.78, 5) is 10.9. The van der Waals surface area contributed by atoms with E-state index in [4.69, 9.17) is 35.3 Å². The van der Waals surface area contributed by atoms with E-state index in [9.17, 15) is 4.79 Å². The normalized spacial score (nSPS) is 10.4. The number of rotatable bonds is 13. The van der Waals surface area contributed by atoms with Crippen LogP contribution in [0, 0.1) is 0 Å². The predicted octanol–water partition coefficient (Wildman–Crippen LogP) is 0.978. The lowest BCUT2D eigenvalue weighted by atomic mass is 10.6. The quantitative estimate of drug-likeness (QED) is 0.287. The molecule has 0 amide bonds. The fourth-order valence-corrected chi connectivity index (χ4v) is 1.01. The van der Waals surface area contributed by atoms with Gasteiger partial charge in [-0.1, -0.05) is 18.2 Å². The highest BCUT2D eigenvalue weighted by Crippen LogP contribution is 1.98. The molecule has 0 aliphatic rings. The molecule has 6 nitrogen and oxygen atoms in total. The monoisotopic (exact) mass is 296 g/mol. The average molecular weight is 297 g/mol. The smallest absolute Gasteiger partial charge is 0.349 e. The van der Waals surface area contributed by atoms with Gasteiger partial charge in [0.25, 0.3) is 0 Å². The van der Waals surface area contributed by atoms with E-state index in [0.717, 1.165) is 0 Å². The van der Waals surface area contributed by atoms with Crippen molar-refractivity contribution in [3.05, 3.63) is 11.6 Å². The van der Waals surface area contributed by atoms with Crippen LogP contribution >= 0.6 is 11.6 Å². The first-order chi connectivity index (χ1) is 9.18. The third-order valence-electron chi connectivity index (χ3n) is 1.86. The summed E-state index contributed by atoms with van der Waals surface area (Å²) in [6.07, 6.45) is 0. The van der Waals surface area contributed by atoms with Crippen molar-refractivity contribution in [3.63, 3.8) is 0 Å². The minimum absolute atomic E-state index is 0.142. The lowest BCUT2D eigenvalue weighted by Crippen LogP contribution is -2.14. The molecular formula is C12H21ClO6. The summed E-state index contributed by atoms with van der Waals surface area (Å²) in [7, 11) is 1.62.